The van der Waals surface area contributed by atoms with Crippen molar-refractivity contribution in [2.24, 2.45) is 28.1 Å². The van der Waals surface area contributed by atoms with Crippen LogP contribution < -0.4 is 5.63 Å². The number of fused-ring (bicyclic) bond motifs is 5. The molecule has 5 rings (SSSR count). The standard InChI is InChI=1S/C27H34Cl2O5/c1-23(2)18-8-7-16-17(24(18,3)11-10-20(23)33-5)12-19(30)25(4)22(15-6-9-21(31)34-13-15)27(28,29)14-26(16,25)32/h6-7,9-11,13,17-20,22,30,32H,8,12,14H2,1-5H3/t17?,18?,19-,20+,22-,24-,25-,26+/m1/s1. The fraction of sp³-hybridized carbons (Fsp3) is 0.667. The number of hydrogen-bond donors (Lipinski definition) is 2. The molecule has 0 radical (unpaired) electrons. The van der Waals surface area contributed by atoms with Crippen LogP contribution in [-0.4, -0.2) is 39.5 Å². The maximum atomic E-state index is 12.5. The molecule has 2 N–H and O–H groups in total. The Kier molecular flexibility index (Phi) is 5.39. The number of methoxy groups -OCH3 is 1. The highest BCUT2D eigenvalue weighted by Crippen LogP contribution is 2.73. The quantitative estimate of drug-likeness (QED) is 0.434. The Bertz CT molecular complexity index is 1100. The van der Waals surface area contributed by atoms with Crippen LogP contribution in [0, 0.1) is 28.1 Å². The van der Waals surface area contributed by atoms with Crippen LogP contribution in [-0.2, 0) is 4.74 Å². The molecule has 2 saturated carbocycles. The van der Waals surface area contributed by atoms with E-state index in [1.165, 1.54) is 12.3 Å². The normalized spacial score (nSPS) is 46.3. The van der Waals surface area contributed by atoms with Gasteiger partial charge in [-0.3, -0.25) is 0 Å². The maximum Gasteiger partial charge on any atom is 0.335 e. The lowest BCUT2D eigenvalue weighted by molar-refractivity contribution is -0.155. The molecule has 1 heterocycles. The molecular formula is C27H34Cl2O5. The van der Waals surface area contributed by atoms with E-state index in [1.54, 1.807) is 13.2 Å². The second kappa shape index (κ2) is 7.45. The van der Waals surface area contributed by atoms with Gasteiger partial charge >= 0.3 is 5.63 Å². The molecule has 0 saturated heterocycles. The van der Waals surface area contributed by atoms with Gasteiger partial charge in [-0.25, -0.2) is 4.79 Å². The van der Waals surface area contributed by atoms with Crippen LogP contribution in [0.15, 0.2) is 51.4 Å². The van der Waals surface area contributed by atoms with E-state index in [0.717, 1.165) is 12.0 Å². The number of allylic oxidation sites excluding steroid dienone is 2. The molecule has 0 spiro atoms. The predicted molar refractivity (Wildman–Crippen MR) is 132 cm³/mol. The van der Waals surface area contributed by atoms with Gasteiger partial charge in [-0.15, -0.1) is 23.2 Å². The molecular weight excluding hydrogens is 475 g/mol. The van der Waals surface area contributed by atoms with E-state index < -0.39 is 33.0 Å². The van der Waals surface area contributed by atoms with E-state index in [4.69, 9.17) is 32.4 Å². The summed E-state index contributed by atoms with van der Waals surface area (Å²) in [5.41, 5.74) is -1.81. The van der Waals surface area contributed by atoms with Crippen molar-refractivity contribution in [3.05, 3.63) is 58.2 Å². The Balaban J connectivity index is 1.65. The first-order valence-electron chi connectivity index (χ1n) is 12.0. The van der Waals surface area contributed by atoms with Crippen molar-refractivity contribution >= 4 is 23.2 Å². The van der Waals surface area contributed by atoms with Gasteiger partial charge in [0.25, 0.3) is 0 Å². The molecule has 2 fully saturated rings. The van der Waals surface area contributed by atoms with Gasteiger partial charge in [-0.1, -0.05) is 45.9 Å². The molecule has 5 nitrogen and oxygen atoms in total. The van der Waals surface area contributed by atoms with E-state index in [9.17, 15) is 15.0 Å². The Morgan fingerprint density at radius 1 is 1.18 bits per heavy atom. The topological polar surface area (TPSA) is 79.9 Å². The van der Waals surface area contributed by atoms with E-state index in [1.807, 2.05) is 6.92 Å². The van der Waals surface area contributed by atoms with Gasteiger partial charge in [-0.05, 0) is 52.7 Å². The third-order valence-electron chi connectivity index (χ3n) is 10.1. The average molecular weight is 509 g/mol. The first-order valence-corrected chi connectivity index (χ1v) is 12.8. The smallest absolute Gasteiger partial charge is 0.335 e. The summed E-state index contributed by atoms with van der Waals surface area (Å²) in [4.78, 5) is 11.6. The summed E-state index contributed by atoms with van der Waals surface area (Å²) >= 11 is 13.9. The van der Waals surface area contributed by atoms with Crippen molar-refractivity contribution in [2.75, 3.05) is 7.11 Å². The number of halogens is 2. The van der Waals surface area contributed by atoms with E-state index in [2.05, 4.69) is 39.0 Å². The first kappa shape index (κ1) is 24.6. The zero-order chi connectivity index (χ0) is 24.9. The third-order valence-corrected chi connectivity index (χ3v) is 10.8. The fourth-order valence-corrected chi connectivity index (χ4v) is 9.39. The summed E-state index contributed by atoms with van der Waals surface area (Å²) in [6.45, 7) is 8.59. The summed E-state index contributed by atoms with van der Waals surface area (Å²) in [5, 5.41) is 24.2. The fourth-order valence-electron chi connectivity index (χ4n) is 8.30. The van der Waals surface area contributed by atoms with Gasteiger partial charge in [0.15, 0.2) is 0 Å². The molecule has 1 aromatic rings. The maximum absolute atomic E-state index is 12.5. The molecule has 0 amide bonds. The van der Waals surface area contributed by atoms with Crippen LogP contribution in [0.5, 0.6) is 0 Å². The molecule has 34 heavy (non-hydrogen) atoms. The zero-order valence-electron chi connectivity index (χ0n) is 20.3. The Morgan fingerprint density at radius 3 is 2.50 bits per heavy atom. The van der Waals surface area contributed by atoms with Crippen molar-refractivity contribution in [1.82, 2.24) is 0 Å². The molecule has 2 unspecified atom stereocenters. The van der Waals surface area contributed by atoms with Crippen LogP contribution in [0.3, 0.4) is 0 Å². The summed E-state index contributed by atoms with van der Waals surface area (Å²) in [5.74, 6) is -0.415. The van der Waals surface area contributed by atoms with Crippen molar-refractivity contribution in [3.63, 3.8) is 0 Å². The van der Waals surface area contributed by atoms with Gasteiger partial charge in [-0.2, -0.15) is 0 Å². The number of rotatable bonds is 2. The lowest BCUT2D eigenvalue weighted by atomic mass is 9.44. The van der Waals surface area contributed by atoms with Crippen LogP contribution in [0.4, 0.5) is 0 Å². The molecule has 4 aliphatic carbocycles. The summed E-state index contributed by atoms with van der Waals surface area (Å²) < 4.78 is 9.55. The molecule has 0 aromatic carbocycles. The molecule has 8 atom stereocenters. The molecule has 4 aliphatic rings. The lowest BCUT2D eigenvalue weighted by Crippen LogP contribution is -2.63. The minimum Gasteiger partial charge on any atom is -0.431 e. The highest BCUT2D eigenvalue weighted by atomic mass is 35.5. The van der Waals surface area contributed by atoms with E-state index in [-0.39, 0.29) is 35.2 Å². The Morgan fingerprint density at radius 2 is 1.88 bits per heavy atom. The van der Waals surface area contributed by atoms with Gasteiger partial charge in [0.05, 0.1) is 24.1 Å². The van der Waals surface area contributed by atoms with Gasteiger partial charge < -0.3 is 19.4 Å². The Labute approximate surface area is 210 Å². The Hall–Kier alpha value is -1.11. The number of alkyl halides is 2. The van der Waals surface area contributed by atoms with Crippen LogP contribution in [0.2, 0.25) is 0 Å². The minimum atomic E-state index is -1.41. The summed E-state index contributed by atoms with van der Waals surface area (Å²) in [6, 6.07) is 2.96. The van der Waals surface area contributed by atoms with Crippen LogP contribution >= 0.6 is 23.2 Å². The van der Waals surface area contributed by atoms with Crippen molar-refractivity contribution < 1.29 is 19.4 Å². The van der Waals surface area contributed by atoms with Crippen LogP contribution in [0.25, 0.3) is 0 Å². The van der Waals surface area contributed by atoms with Crippen molar-refractivity contribution in [3.8, 4) is 0 Å². The zero-order valence-corrected chi connectivity index (χ0v) is 21.9. The van der Waals surface area contributed by atoms with Gasteiger partial charge in [0, 0.05) is 30.9 Å². The van der Waals surface area contributed by atoms with Crippen molar-refractivity contribution in [1.29, 1.82) is 0 Å². The second-order valence-electron chi connectivity index (χ2n) is 11.9. The number of hydrogen-bond acceptors (Lipinski definition) is 5. The van der Waals surface area contributed by atoms with Gasteiger partial charge in [0.2, 0.25) is 0 Å². The molecule has 0 bridgehead atoms. The molecule has 7 heteroatoms. The third kappa shape index (κ3) is 2.94. The predicted octanol–water partition coefficient (Wildman–Crippen LogP) is 4.98. The van der Waals surface area contributed by atoms with E-state index >= 15 is 0 Å². The molecule has 186 valence electrons. The van der Waals surface area contributed by atoms with E-state index in [0.29, 0.717) is 12.0 Å². The summed E-state index contributed by atoms with van der Waals surface area (Å²) in [7, 11) is 1.74. The number of aliphatic hydroxyl groups is 2. The number of ether oxygens (including phenoxy) is 1. The highest BCUT2D eigenvalue weighted by molar-refractivity contribution is 6.49. The SMILES string of the molecule is CO[C@H]1C=C[C@]2(C)C3C[C@@H](O)[C@]4(C)[C@@H](c5ccc(=O)oc5)C(Cl)(Cl)C[C@]4(O)C3=CCC2C1(C)C. The second-order valence-corrected chi connectivity index (χ2v) is 13.4. The van der Waals surface area contributed by atoms with Crippen molar-refractivity contribution in [2.45, 2.75) is 75.0 Å². The lowest BCUT2D eigenvalue weighted by Gasteiger charge is -2.62. The van der Waals surface area contributed by atoms with Gasteiger partial charge in [0.1, 0.15) is 4.33 Å². The number of aliphatic hydroxyl groups excluding tert-OH is 1. The van der Waals surface area contributed by atoms with Crippen LogP contribution in [0.1, 0.15) is 58.4 Å². The largest absolute Gasteiger partial charge is 0.431 e. The monoisotopic (exact) mass is 508 g/mol. The molecule has 0 aliphatic heterocycles. The molecule has 1 aromatic heterocycles. The average Bonchev–Trinajstić information content (AvgIpc) is 2.92. The first-order chi connectivity index (χ1) is 15.7. The summed E-state index contributed by atoms with van der Waals surface area (Å²) in [6.07, 6.45) is 8.38. The minimum absolute atomic E-state index is 0.00400. The highest BCUT2D eigenvalue weighted by Gasteiger charge is 2.74.